The second kappa shape index (κ2) is 3.31. The number of hydrogen-bond donors (Lipinski definition) is 0. The van der Waals surface area contributed by atoms with Gasteiger partial charge >= 0.3 is 6.18 Å². The van der Waals surface area contributed by atoms with Crippen LogP contribution in [-0.2, 0) is 6.42 Å². The van der Waals surface area contributed by atoms with Gasteiger partial charge in [-0.3, -0.25) is 4.98 Å². The van der Waals surface area contributed by atoms with Crippen LogP contribution in [0.2, 0.25) is 5.02 Å². The number of hydrogen-bond acceptors (Lipinski definition) is 1. The zero-order chi connectivity index (χ0) is 9.19. The topological polar surface area (TPSA) is 12.9 Å². The van der Waals surface area contributed by atoms with Gasteiger partial charge in [0.05, 0.1) is 6.42 Å². The third kappa shape index (κ3) is 2.70. The van der Waals surface area contributed by atoms with Gasteiger partial charge in [-0.2, -0.15) is 13.2 Å². The zero-order valence-electron chi connectivity index (χ0n) is 5.90. The first kappa shape index (κ1) is 9.32. The number of rotatable bonds is 1. The second-order valence-corrected chi connectivity index (χ2v) is 2.67. The molecule has 12 heavy (non-hydrogen) atoms. The van der Waals surface area contributed by atoms with E-state index in [9.17, 15) is 13.2 Å². The molecular weight excluding hydrogens is 191 g/mol. The maximum Gasteiger partial charge on any atom is 0.393 e. The smallest absolute Gasteiger partial charge is 0.264 e. The van der Waals surface area contributed by atoms with Crippen molar-refractivity contribution in [3.8, 4) is 0 Å². The maximum atomic E-state index is 11.8. The molecule has 0 atom stereocenters. The summed E-state index contributed by atoms with van der Waals surface area (Å²) in [6.45, 7) is 0. The molecular formula is C7H5ClF3N. The van der Waals surface area contributed by atoms with Crippen LogP contribution in [0.1, 0.15) is 5.56 Å². The van der Waals surface area contributed by atoms with E-state index in [0.29, 0.717) is 0 Å². The van der Waals surface area contributed by atoms with Gasteiger partial charge in [0, 0.05) is 17.4 Å². The molecule has 1 nitrogen and oxygen atoms in total. The molecule has 0 saturated carbocycles. The molecule has 1 aromatic rings. The summed E-state index contributed by atoms with van der Waals surface area (Å²) in [4.78, 5) is 3.55. The molecule has 0 spiro atoms. The van der Waals surface area contributed by atoms with E-state index in [1.165, 1.54) is 12.3 Å². The minimum absolute atomic E-state index is 0.00617. The number of aromatic nitrogens is 1. The van der Waals surface area contributed by atoms with E-state index >= 15 is 0 Å². The molecule has 0 N–H and O–H groups in total. The molecule has 1 heterocycles. The monoisotopic (exact) mass is 195 g/mol. The Balaban J connectivity index is 2.83. The summed E-state index contributed by atoms with van der Waals surface area (Å²) in [6.07, 6.45) is -2.79. The summed E-state index contributed by atoms with van der Waals surface area (Å²) >= 11 is 5.49. The average molecular weight is 196 g/mol. The van der Waals surface area contributed by atoms with Gasteiger partial charge in [-0.25, -0.2) is 0 Å². The summed E-state index contributed by atoms with van der Waals surface area (Å²) in [5, 5.41) is 0.0994. The van der Waals surface area contributed by atoms with Crippen LogP contribution in [0.3, 0.4) is 0 Å². The first-order valence-electron chi connectivity index (χ1n) is 3.14. The zero-order valence-corrected chi connectivity index (χ0v) is 6.65. The summed E-state index contributed by atoms with van der Waals surface area (Å²) in [6, 6.07) is 1.34. The highest BCUT2D eigenvalue weighted by molar-refractivity contribution is 6.31. The van der Waals surface area contributed by atoms with E-state index in [4.69, 9.17) is 11.6 Å². The molecule has 0 saturated heterocycles. The molecule has 1 rings (SSSR count). The number of alkyl halides is 3. The molecule has 0 aliphatic rings. The normalized spacial score (nSPS) is 11.7. The van der Waals surface area contributed by atoms with Gasteiger partial charge in [0.25, 0.3) is 0 Å². The fraction of sp³-hybridized carbons (Fsp3) is 0.286. The quantitative estimate of drug-likeness (QED) is 0.672. The Bertz CT molecular complexity index is 272. The standard InChI is InChI=1S/C7H5ClF3N/c8-6-1-2-12-4-5(6)3-7(9,10)11/h1-2,4H,3H2. The van der Waals surface area contributed by atoms with Crippen molar-refractivity contribution in [3.63, 3.8) is 0 Å². The Morgan fingerprint density at radius 1 is 1.42 bits per heavy atom. The summed E-state index contributed by atoms with van der Waals surface area (Å²) in [7, 11) is 0. The molecule has 0 amide bonds. The van der Waals surface area contributed by atoms with Gasteiger partial charge < -0.3 is 0 Å². The largest absolute Gasteiger partial charge is 0.393 e. The van der Waals surface area contributed by atoms with Gasteiger partial charge in [-0.1, -0.05) is 11.6 Å². The molecule has 0 fully saturated rings. The van der Waals surface area contributed by atoms with Crippen molar-refractivity contribution in [1.29, 1.82) is 0 Å². The van der Waals surface area contributed by atoms with Crippen LogP contribution in [0, 0.1) is 0 Å². The van der Waals surface area contributed by atoms with Crippen molar-refractivity contribution in [2.45, 2.75) is 12.6 Å². The average Bonchev–Trinajstić information content (AvgIpc) is 1.91. The Kier molecular flexibility index (Phi) is 2.57. The molecule has 1 aromatic heterocycles. The summed E-state index contributed by atoms with van der Waals surface area (Å²) < 4.78 is 35.5. The first-order valence-corrected chi connectivity index (χ1v) is 3.52. The lowest BCUT2D eigenvalue weighted by Gasteiger charge is -2.06. The number of pyridine rings is 1. The molecule has 66 valence electrons. The lowest BCUT2D eigenvalue weighted by molar-refractivity contribution is -0.127. The third-order valence-corrected chi connectivity index (χ3v) is 1.60. The lowest BCUT2D eigenvalue weighted by Crippen LogP contribution is -2.11. The molecule has 0 bridgehead atoms. The van der Waals surface area contributed by atoms with Crippen molar-refractivity contribution in [2.24, 2.45) is 0 Å². The highest BCUT2D eigenvalue weighted by Gasteiger charge is 2.28. The van der Waals surface area contributed by atoms with Gasteiger partial charge in [0.2, 0.25) is 0 Å². The van der Waals surface area contributed by atoms with Crippen molar-refractivity contribution < 1.29 is 13.2 Å². The molecule has 0 radical (unpaired) electrons. The van der Waals surface area contributed by atoms with Gasteiger partial charge in [0.1, 0.15) is 0 Å². The Morgan fingerprint density at radius 2 is 2.08 bits per heavy atom. The first-order chi connectivity index (χ1) is 5.49. The van der Waals surface area contributed by atoms with Crippen molar-refractivity contribution in [2.75, 3.05) is 0 Å². The van der Waals surface area contributed by atoms with E-state index in [1.54, 1.807) is 0 Å². The van der Waals surface area contributed by atoms with Crippen LogP contribution in [-0.4, -0.2) is 11.2 Å². The number of nitrogens with zero attached hydrogens (tertiary/aromatic N) is 1. The van der Waals surface area contributed by atoms with E-state index in [2.05, 4.69) is 4.98 Å². The lowest BCUT2D eigenvalue weighted by atomic mass is 10.2. The van der Waals surface area contributed by atoms with Gasteiger partial charge in [-0.05, 0) is 11.6 Å². The summed E-state index contributed by atoms with van der Waals surface area (Å²) in [5.74, 6) is 0. The van der Waals surface area contributed by atoms with Crippen LogP contribution in [0.25, 0.3) is 0 Å². The second-order valence-electron chi connectivity index (χ2n) is 2.26. The molecule has 0 aliphatic heterocycles. The predicted molar refractivity (Wildman–Crippen MR) is 39.0 cm³/mol. The van der Waals surface area contributed by atoms with Gasteiger partial charge in [-0.15, -0.1) is 0 Å². The molecule has 0 aliphatic carbocycles. The van der Waals surface area contributed by atoms with Crippen LogP contribution in [0.15, 0.2) is 18.5 Å². The van der Waals surface area contributed by atoms with E-state index in [1.807, 2.05) is 0 Å². The van der Waals surface area contributed by atoms with Crippen LogP contribution >= 0.6 is 11.6 Å². The Hall–Kier alpha value is -0.770. The van der Waals surface area contributed by atoms with Crippen LogP contribution in [0.4, 0.5) is 13.2 Å². The minimum atomic E-state index is -4.23. The maximum absolute atomic E-state index is 11.8. The highest BCUT2D eigenvalue weighted by Crippen LogP contribution is 2.24. The fourth-order valence-corrected chi connectivity index (χ4v) is 0.928. The minimum Gasteiger partial charge on any atom is -0.264 e. The number of halogens is 4. The van der Waals surface area contributed by atoms with Crippen molar-refractivity contribution >= 4 is 11.6 Å². The van der Waals surface area contributed by atoms with E-state index in [0.717, 1.165) is 6.20 Å². The fourth-order valence-electron chi connectivity index (χ4n) is 0.756. The SMILES string of the molecule is FC(F)(F)Cc1cnccc1Cl. The van der Waals surface area contributed by atoms with E-state index < -0.39 is 12.6 Å². The molecule has 0 unspecified atom stereocenters. The molecule has 0 aromatic carbocycles. The van der Waals surface area contributed by atoms with Crippen LogP contribution in [0.5, 0.6) is 0 Å². The summed E-state index contributed by atoms with van der Waals surface area (Å²) in [5.41, 5.74) is 0.00617. The van der Waals surface area contributed by atoms with Gasteiger partial charge in [0.15, 0.2) is 0 Å². The van der Waals surface area contributed by atoms with Crippen molar-refractivity contribution in [3.05, 3.63) is 29.0 Å². The van der Waals surface area contributed by atoms with E-state index in [-0.39, 0.29) is 10.6 Å². The Labute approximate surface area is 72.2 Å². The van der Waals surface area contributed by atoms with Crippen molar-refractivity contribution in [1.82, 2.24) is 4.98 Å². The highest BCUT2D eigenvalue weighted by atomic mass is 35.5. The Morgan fingerprint density at radius 3 is 2.58 bits per heavy atom. The predicted octanol–water partition coefficient (Wildman–Crippen LogP) is 2.84. The third-order valence-electron chi connectivity index (χ3n) is 1.23. The van der Waals surface area contributed by atoms with Crippen LogP contribution < -0.4 is 0 Å². The molecule has 5 heteroatoms.